The molecule has 1 amide bonds. The van der Waals surface area contributed by atoms with Crippen molar-refractivity contribution in [3.8, 4) is 0 Å². The molecule has 3 heterocycles. The number of ether oxygens (including phenoxy) is 1. The van der Waals surface area contributed by atoms with Crippen molar-refractivity contribution in [1.82, 2.24) is 20.1 Å². The summed E-state index contributed by atoms with van der Waals surface area (Å²) in [5.74, 6) is 1.49. The van der Waals surface area contributed by atoms with Gasteiger partial charge >= 0.3 is 0 Å². The van der Waals surface area contributed by atoms with Crippen molar-refractivity contribution >= 4 is 17.2 Å². The van der Waals surface area contributed by atoms with E-state index in [2.05, 4.69) is 29.0 Å². The highest BCUT2D eigenvalue weighted by molar-refractivity contribution is 7.13. The standard InChI is InChI=1S/C16H22N4O3S/c1-9(2)13-18-19-14(23-13)11-8-20(5-6-22-11)16(21)12-7-17-15(24-12)10(3)4/h7,9-11H,5-6,8H2,1-4H3/t11-/m0/s1. The molecule has 2 aromatic heterocycles. The molecule has 0 bridgehead atoms. The summed E-state index contributed by atoms with van der Waals surface area (Å²) in [5, 5.41) is 9.07. The molecule has 1 saturated heterocycles. The number of thiazole rings is 1. The van der Waals surface area contributed by atoms with Crippen LogP contribution in [-0.4, -0.2) is 45.7 Å². The van der Waals surface area contributed by atoms with Gasteiger partial charge < -0.3 is 14.1 Å². The Bertz CT molecular complexity index is 710. The minimum Gasteiger partial charge on any atom is -0.422 e. The average Bonchev–Trinajstić information content (AvgIpc) is 3.24. The maximum absolute atomic E-state index is 12.7. The molecule has 0 aliphatic carbocycles. The van der Waals surface area contributed by atoms with Crippen molar-refractivity contribution in [2.75, 3.05) is 19.7 Å². The Morgan fingerprint density at radius 1 is 1.29 bits per heavy atom. The first kappa shape index (κ1) is 17.0. The van der Waals surface area contributed by atoms with E-state index in [1.54, 1.807) is 11.1 Å². The summed E-state index contributed by atoms with van der Waals surface area (Å²) < 4.78 is 11.4. The number of carbonyl (C=O) groups excluding carboxylic acids is 1. The van der Waals surface area contributed by atoms with Crippen LogP contribution in [0.5, 0.6) is 0 Å². The van der Waals surface area contributed by atoms with Crippen LogP contribution in [0.3, 0.4) is 0 Å². The van der Waals surface area contributed by atoms with Gasteiger partial charge in [-0.15, -0.1) is 21.5 Å². The highest BCUT2D eigenvalue weighted by atomic mass is 32.1. The van der Waals surface area contributed by atoms with Gasteiger partial charge in [0.25, 0.3) is 5.91 Å². The SMILES string of the molecule is CC(C)c1nnc([C@@H]2CN(C(=O)c3cnc(C(C)C)s3)CCO2)o1. The number of hydrogen-bond acceptors (Lipinski definition) is 7. The molecule has 0 N–H and O–H groups in total. The Kier molecular flexibility index (Phi) is 4.96. The number of rotatable bonds is 4. The number of morpholine rings is 1. The molecule has 0 saturated carbocycles. The van der Waals surface area contributed by atoms with Crippen LogP contribution < -0.4 is 0 Å². The molecule has 3 rings (SSSR count). The summed E-state index contributed by atoms with van der Waals surface area (Å²) in [6, 6.07) is 0. The number of nitrogens with zero attached hydrogens (tertiary/aromatic N) is 4. The van der Waals surface area contributed by atoms with Gasteiger partial charge in [0.1, 0.15) is 4.88 Å². The third kappa shape index (κ3) is 3.49. The lowest BCUT2D eigenvalue weighted by Gasteiger charge is -2.30. The van der Waals surface area contributed by atoms with Crippen molar-refractivity contribution in [3.63, 3.8) is 0 Å². The first-order chi connectivity index (χ1) is 11.5. The molecular formula is C16H22N4O3S. The van der Waals surface area contributed by atoms with Crippen molar-refractivity contribution < 1.29 is 13.9 Å². The number of carbonyl (C=O) groups is 1. The van der Waals surface area contributed by atoms with Gasteiger partial charge in [-0.3, -0.25) is 4.79 Å². The van der Waals surface area contributed by atoms with Gasteiger partial charge in [0.05, 0.1) is 24.4 Å². The summed E-state index contributed by atoms with van der Waals surface area (Å²) >= 11 is 1.45. The molecule has 2 aromatic rings. The molecule has 0 aromatic carbocycles. The Morgan fingerprint density at radius 2 is 2.08 bits per heavy atom. The van der Waals surface area contributed by atoms with Crippen LogP contribution in [0.1, 0.15) is 72.1 Å². The fourth-order valence-corrected chi connectivity index (χ4v) is 3.29. The lowest BCUT2D eigenvalue weighted by molar-refractivity contribution is -0.0349. The summed E-state index contributed by atoms with van der Waals surface area (Å²) in [4.78, 5) is 19.5. The fraction of sp³-hybridized carbons (Fsp3) is 0.625. The first-order valence-corrected chi connectivity index (χ1v) is 8.97. The molecule has 0 spiro atoms. The molecule has 1 atom stereocenters. The predicted octanol–water partition coefficient (Wildman–Crippen LogP) is 2.99. The fourth-order valence-electron chi connectivity index (χ4n) is 2.40. The molecule has 24 heavy (non-hydrogen) atoms. The number of amides is 1. The lowest BCUT2D eigenvalue weighted by Crippen LogP contribution is -2.42. The predicted molar refractivity (Wildman–Crippen MR) is 89.2 cm³/mol. The highest BCUT2D eigenvalue weighted by Gasteiger charge is 2.30. The van der Waals surface area contributed by atoms with E-state index < -0.39 is 0 Å². The maximum atomic E-state index is 12.7. The summed E-state index contributed by atoms with van der Waals surface area (Å²) in [6.07, 6.45) is 1.29. The second-order valence-corrected chi connectivity index (χ2v) is 7.52. The molecule has 1 aliphatic rings. The topological polar surface area (TPSA) is 81.4 Å². The quantitative estimate of drug-likeness (QED) is 0.843. The molecule has 7 nitrogen and oxygen atoms in total. The normalized spacial score (nSPS) is 18.6. The molecule has 1 aliphatic heterocycles. The zero-order valence-electron chi connectivity index (χ0n) is 14.4. The van der Waals surface area contributed by atoms with E-state index in [1.807, 2.05) is 13.8 Å². The second kappa shape index (κ2) is 6.98. The van der Waals surface area contributed by atoms with Crippen LogP contribution in [0, 0.1) is 0 Å². The van der Waals surface area contributed by atoms with Crippen LogP contribution in [0.2, 0.25) is 0 Å². The molecule has 130 valence electrons. The van der Waals surface area contributed by atoms with Gasteiger partial charge in [-0.1, -0.05) is 27.7 Å². The Morgan fingerprint density at radius 3 is 2.71 bits per heavy atom. The van der Waals surface area contributed by atoms with Crippen LogP contribution >= 0.6 is 11.3 Å². The molecule has 0 unspecified atom stereocenters. The van der Waals surface area contributed by atoms with Gasteiger partial charge in [0.2, 0.25) is 11.8 Å². The van der Waals surface area contributed by atoms with E-state index in [4.69, 9.17) is 9.15 Å². The number of aromatic nitrogens is 3. The van der Waals surface area contributed by atoms with Gasteiger partial charge in [0.15, 0.2) is 6.10 Å². The van der Waals surface area contributed by atoms with E-state index >= 15 is 0 Å². The van der Waals surface area contributed by atoms with Crippen LogP contribution in [-0.2, 0) is 4.74 Å². The van der Waals surface area contributed by atoms with E-state index in [-0.39, 0.29) is 17.9 Å². The molecule has 0 radical (unpaired) electrons. The van der Waals surface area contributed by atoms with Gasteiger partial charge in [0, 0.05) is 18.4 Å². The summed E-state index contributed by atoms with van der Waals surface area (Å²) in [5.41, 5.74) is 0. The first-order valence-electron chi connectivity index (χ1n) is 8.15. The van der Waals surface area contributed by atoms with E-state index in [0.29, 0.717) is 42.3 Å². The molecule has 8 heteroatoms. The minimum atomic E-state index is -0.375. The summed E-state index contributed by atoms with van der Waals surface area (Å²) in [6.45, 7) is 9.53. The monoisotopic (exact) mass is 350 g/mol. The van der Waals surface area contributed by atoms with Crippen LogP contribution in [0.25, 0.3) is 0 Å². The second-order valence-electron chi connectivity index (χ2n) is 6.46. The van der Waals surface area contributed by atoms with Gasteiger partial charge in [-0.25, -0.2) is 4.98 Å². The van der Waals surface area contributed by atoms with E-state index in [0.717, 1.165) is 5.01 Å². The van der Waals surface area contributed by atoms with Crippen LogP contribution in [0.15, 0.2) is 10.6 Å². The average molecular weight is 350 g/mol. The highest BCUT2D eigenvalue weighted by Crippen LogP contribution is 2.26. The molecule has 1 fully saturated rings. The van der Waals surface area contributed by atoms with Crippen molar-refractivity contribution in [2.45, 2.75) is 45.6 Å². The minimum absolute atomic E-state index is 0.0173. The number of hydrogen-bond donors (Lipinski definition) is 0. The summed E-state index contributed by atoms with van der Waals surface area (Å²) in [7, 11) is 0. The Hall–Kier alpha value is -1.80. The lowest BCUT2D eigenvalue weighted by atomic mass is 10.2. The zero-order valence-corrected chi connectivity index (χ0v) is 15.2. The van der Waals surface area contributed by atoms with Gasteiger partial charge in [-0.05, 0) is 0 Å². The molecular weight excluding hydrogens is 328 g/mol. The van der Waals surface area contributed by atoms with E-state index in [1.165, 1.54) is 11.3 Å². The Balaban J connectivity index is 1.71. The third-order valence-electron chi connectivity index (χ3n) is 3.81. The van der Waals surface area contributed by atoms with Crippen molar-refractivity contribution in [2.24, 2.45) is 0 Å². The van der Waals surface area contributed by atoms with Crippen LogP contribution in [0.4, 0.5) is 0 Å². The van der Waals surface area contributed by atoms with Crippen molar-refractivity contribution in [1.29, 1.82) is 0 Å². The van der Waals surface area contributed by atoms with Crippen molar-refractivity contribution in [3.05, 3.63) is 27.9 Å². The maximum Gasteiger partial charge on any atom is 0.265 e. The largest absolute Gasteiger partial charge is 0.422 e. The third-order valence-corrected chi connectivity index (χ3v) is 5.09. The zero-order chi connectivity index (χ0) is 17.3. The Labute approximate surface area is 145 Å². The van der Waals surface area contributed by atoms with Gasteiger partial charge in [-0.2, -0.15) is 0 Å². The van der Waals surface area contributed by atoms with E-state index in [9.17, 15) is 4.79 Å². The smallest absolute Gasteiger partial charge is 0.265 e.